The summed E-state index contributed by atoms with van der Waals surface area (Å²) in [7, 11) is 0. The molecule has 2 heterocycles. The molecule has 0 aliphatic carbocycles. The van der Waals surface area contributed by atoms with Gasteiger partial charge in [-0.25, -0.2) is 0 Å². The molecule has 2 aromatic rings. The van der Waals surface area contributed by atoms with Crippen LogP contribution in [0.1, 0.15) is 36.3 Å². The van der Waals surface area contributed by atoms with E-state index in [9.17, 15) is 4.79 Å². The van der Waals surface area contributed by atoms with Gasteiger partial charge >= 0.3 is 0 Å². The summed E-state index contributed by atoms with van der Waals surface area (Å²) in [6, 6.07) is 8.57. The molecule has 1 fully saturated rings. The van der Waals surface area contributed by atoms with E-state index in [1.54, 1.807) is 6.92 Å². The number of hydrogen-bond acceptors (Lipinski definition) is 5. The third-order valence-electron chi connectivity index (χ3n) is 4.78. The van der Waals surface area contributed by atoms with Gasteiger partial charge in [-0.3, -0.25) is 4.79 Å². The molecule has 0 spiro atoms. The van der Waals surface area contributed by atoms with E-state index >= 15 is 0 Å². The topological polar surface area (TPSA) is 59.2 Å². The molecule has 0 unspecified atom stereocenters. The lowest BCUT2D eigenvalue weighted by molar-refractivity contribution is -0.130. The lowest BCUT2D eigenvalue weighted by Crippen LogP contribution is -2.41. The van der Waals surface area contributed by atoms with Gasteiger partial charge in [0, 0.05) is 20.0 Å². The number of carbonyl (C=O) groups excluding carboxylic acids is 1. The highest BCUT2D eigenvalue weighted by Crippen LogP contribution is 2.24. The van der Waals surface area contributed by atoms with Crippen LogP contribution in [-0.2, 0) is 11.2 Å². The van der Waals surface area contributed by atoms with E-state index in [0.29, 0.717) is 22.8 Å². The molecule has 0 radical (unpaired) electrons. The predicted molar refractivity (Wildman–Crippen MR) is 98.6 cm³/mol. The molecule has 1 aliphatic heterocycles. The first-order chi connectivity index (χ1) is 12.1. The summed E-state index contributed by atoms with van der Waals surface area (Å²) in [6.07, 6.45) is 4.54. The van der Waals surface area contributed by atoms with Crippen LogP contribution in [0.3, 0.4) is 0 Å². The standard InChI is InChI=1S/C19H25N3O2S/c1-14-6-3-4-8-17(14)10-9-16-7-5-11-22(12-16)18(23)13-25-19-21-20-15(2)24-19/h3-4,6,8,16H,5,7,9-13H2,1-2H3/t16-/m0/s1. The third-order valence-corrected chi connectivity index (χ3v) is 5.58. The van der Waals surface area contributed by atoms with Crippen molar-refractivity contribution in [2.45, 2.75) is 44.8 Å². The van der Waals surface area contributed by atoms with Gasteiger partial charge < -0.3 is 9.32 Å². The zero-order valence-corrected chi connectivity index (χ0v) is 15.7. The molecule has 0 N–H and O–H groups in total. The third kappa shape index (κ3) is 5.08. The quantitative estimate of drug-likeness (QED) is 0.737. The van der Waals surface area contributed by atoms with Gasteiger partial charge in [0.1, 0.15) is 0 Å². The molecule has 25 heavy (non-hydrogen) atoms. The highest BCUT2D eigenvalue weighted by molar-refractivity contribution is 7.99. The normalized spacial score (nSPS) is 17.7. The van der Waals surface area contributed by atoms with Crippen LogP contribution in [0.25, 0.3) is 0 Å². The maximum Gasteiger partial charge on any atom is 0.277 e. The van der Waals surface area contributed by atoms with Crippen LogP contribution < -0.4 is 0 Å². The Bertz CT molecular complexity index is 716. The van der Waals surface area contributed by atoms with Crippen molar-refractivity contribution in [1.29, 1.82) is 0 Å². The minimum Gasteiger partial charge on any atom is -0.416 e. The van der Waals surface area contributed by atoms with E-state index in [1.807, 2.05) is 4.90 Å². The summed E-state index contributed by atoms with van der Waals surface area (Å²) in [6.45, 7) is 5.66. The first-order valence-electron chi connectivity index (χ1n) is 8.87. The molecule has 1 aromatic heterocycles. The highest BCUT2D eigenvalue weighted by Gasteiger charge is 2.24. The molecule has 1 aromatic carbocycles. The van der Waals surface area contributed by atoms with Gasteiger partial charge in [0.15, 0.2) is 0 Å². The van der Waals surface area contributed by atoms with E-state index in [4.69, 9.17) is 4.42 Å². The predicted octanol–water partition coefficient (Wildman–Crippen LogP) is 3.65. The molecule has 0 bridgehead atoms. The van der Waals surface area contributed by atoms with E-state index < -0.39 is 0 Å². The lowest BCUT2D eigenvalue weighted by atomic mass is 9.90. The number of likely N-dealkylation sites (tertiary alicyclic amines) is 1. The number of benzene rings is 1. The molecule has 1 amide bonds. The highest BCUT2D eigenvalue weighted by atomic mass is 32.2. The van der Waals surface area contributed by atoms with Gasteiger partial charge in [0.05, 0.1) is 5.75 Å². The van der Waals surface area contributed by atoms with Crippen LogP contribution in [0.4, 0.5) is 0 Å². The maximum absolute atomic E-state index is 12.5. The van der Waals surface area contributed by atoms with Crippen LogP contribution in [0.15, 0.2) is 33.9 Å². The van der Waals surface area contributed by atoms with Gasteiger partial charge in [0.25, 0.3) is 5.22 Å². The maximum atomic E-state index is 12.5. The zero-order chi connectivity index (χ0) is 17.6. The average molecular weight is 359 g/mol. The molecule has 134 valence electrons. The molecular formula is C19H25N3O2S. The second-order valence-corrected chi connectivity index (χ2v) is 7.62. The molecule has 5 nitrogen and oxygen atoms in total. The largest absolute Gasteiger partial charge is 0.416 e. The Labute approximate surface area is 153 Å². The minimum atomic E-state index is 0.168. The molecule has 0 saturated carbocycles. The number of piperidine rings is 1. The Hall–Kier alpha value is -1.82. The Morgan fingerprint density at radius 1 is 1.32 bits per heavy atom. The second-order valence-electron chi connectivity index (χ2n) is 6.69. The number of carbonyl (C=O) groups is 1. The summed E-state index contributed by atoms with van der Waals surface area (Å²) >= 11 is 1.32. The van der Waals surface area contributed by atoms with Crippen LogP contribution in [-0.4, -0.2) is 39.8 Å². The summed E-state index contributed by atoms with van der Waals surface area (Å²) in [4.78, 5) is 14.5. The van der Waals surface area contributed by atoms with E-state index in [-0.39, 0.29) is 5.91 Å². The smallest absolute Gasteiger partial charge is 0.277 e. The number of hydrogen-bond donors (Lipinski definition) is 0. The summed E-state index contributed by atoms with van der Waals surface area (Å²) in [5.74, 6) is 1.66. The first kappa shape index (κ1) is 18.0. The number of rotatable bonds is 6. The first-order valence-corrected chi connectivity index (χ1v) is 9.85. The number of thioether (sulfide) groups is 1. The molecule has 1 atom stereocenters. The zero-order valence-electron chi connectivity index (χ0n) is 14.9. The molecule has 6 heteroatoms. The Morgan fingerprint density at radius 3 is 2.92 bits per heavy atom. The van der Waals surface area contributed by atoms with Crippen molar-refractivity contribution in [2.75, 3.05) is 18.8 Å². The summed E-state index contributed by atoms with van der Waals surface area (Å²) in [5.41, 5.74) is 2.78. The SMILES string of the molecule is Cc1nnc(SCC(=O)N2CCC[C@@H](CCc3ccccc3C)C2)o1. The van der Waals surface area contributed by atoms with Crippen molar-refractivity contribution in [2.24, 2.45) is 5.92 Å². The van der Waals surface area contributed by atoms with Crippen molar-refractivity contribution in [3.63, 3.8) is 0 Å². The van der Waals surface area contributed by atoms with E-state index in [0.717, 1.165) is 32.4 Å². The van der Waals surface area contributed by atoms with Crippen molar-refractivity contribution in [3.05, 3.63) is 41.3 Å². The minimum absolute atomic E-state index is 0.168. The van der Waals surface area contributed by atoms with Gasteiger partial charge in [-0.2, -0.15) is 0 Å². The number of amides is 1. The molecular weight excluding hydrogens is 334 g/mol. The Morgan fingerprint density at radius 2 is 2.16 bits per heavy atom. The fraction of sp³-hybridized carbons (Fsp3) is 0.526. The number of aryl methyl sites for hydroxylation is 3. The monoisotopic (exact) mass is 359 g/mol. The summed E-state index contributed by atoms with van der Waals surface area (Å²) in [5, 5.41) is 8.18. The van der Waals surface area contributed by atoms with Crippen molar-refractivity contribution < 1.29 is 9.21 Å². The lowest BCUT2D eigenvalue weighted by Gasteiger charge is -2.33. The number of aromatic nitrogens is 2. The van der Waals surface area contributed by atoms with Crippen LogP contribution in [0.5, 0.6) is 0 Å². The summed E-state index contributed by atoms with van der Waals surface area (Å²) < 4.78 is 5.31. The average Bonchev–Trinajstić information content (AvgIpc) is 3.04. The van der Waals surface area contributed by atoms with Crippen molar-refractivity contribution in [3.8, 4) is 0 Å². The van der Waals surface area contributed by atoms with Crippen LogP contribution in [0, 0.1) is 19.8 Å². The fourth-order valence-electron chi connectivity index (χ4n) is 3.33. The van der Waals surface area contributed by atoms with E-state index in [2.05, 4.69) is 41.4 Å². The van der Waals surface area contributed by atoms with Gasteiger partial charge in [-0.05, 0) is 49.7 Å². The molecule has 1 aliphatic rings. The molecule has 1 saturated heterocycles. The Balaban J connectivity index is 1.47. The van der Waals surface area contributed by atoms with Crippen LogP contribution >= 0.6 is 11.8 Å². The van der Waals surface area contributed by atoms with Gasteiger partial charge in [-0.1, -0.05) is 36.0 Å². The van der Waals surface area contributed by atoms with Crippen molar-refractivity contribution in [1.82, 2.24) is 15.1 Å². The number of nitrogens with zero attached hydrogens (tertiary/aromatic N) is 3. The Kier molecular flexibility index (Phi) is 6.13. The van der Waals surface area contributed by atoms with Crippen molar-refractivity contribution >= 4 is 17.7 Å². The molecule has 3 rings (SSSR count). The fourth-order valence-corrected chi connectivity index (χ4v) is 4.04. The van der Waals surface area contributed by atoms with Gasteiger partial charge in [0.2, 0.25) is 11.8 Å². The van der Waals surface area contributed by atoms with Gasteiger partial charge in [-0.15, -0.1) is 10.2 Å². The van der Waals surface area contributed by atoms with Crippen LogP contribution in [0.2, 0.25) is 0 Å². The van der Waals surface area contributed by atoms with E-state index in [1.165, 1.54) is 29.3 Å². The second kappa shape index (κ2) is 8.52.